The molecule has 3 aromatic carbocycles. The molecule has 1 aliphatic rings. The van der Waals surface area contributed by atoms with Crippen LogP contribution in [0.4, 0.5) is 0 Å². The van der Waals surface area contributed by atoms with Gasteiger partial charge in [-0.15, -0.1) is 0 Å². The molecular weight excluding hydrogens is 404 g/mol. The molecule has 4 atom stereocenters. The first-order valence-corrected chi connectivity index (χ1v) is 10.9. The van der Waals surface area contributed by atoms with Gasteiger partial charge in [-0.1, -0.05) is 91.0 Å². The first-order valence-electron chi connectivity index (χ1n) is 10.9. The van der Waals surface area contributed by atoms with Gasteiger partial charge in [0.2, 0.25) is 0 Å². The van der Waals surface area contributed by atoms with Crippen molar-refractivity contribution in [3.63, 3.8) is 0 Å². The molecule has 5 nitrogen and oxygen atoms in total. The van der Waals surface area contributed by atoms with Gasteiger partial charge in [-0.25, -0.2) is 0 Å². The lowest BCUT2D eigenvalue weighted by Crippen LogP contribution is -2.44. The van der Waals surface area contributed by atoms with Crippen molar-refractivity contribution in [2.45, 2.75) is 50.8 Å². The van der Waals surface area contributed by atoms with Crippen molar-refractivity contribution in [3.05, 3.63) is 108 Å². The van der Waals surface area contributed by atoms with Crippen molar-refractivity contribution >= 4 is 0 Å². The number of benzene rings is 3. The van der Waals surface area contributed by atoms with Gasteiger partial charge in [0.05, 0.1) is 26.4 Å². The van der Waals surface area contributed by atoms with Gasteiger partial charge in [0.25, 0.3) is 0 Å². The smallest absolute Gasteiger partial charge is 0.192 e. The van der Waals surface area contributed by atoms with Crippen LogP contribution in [-0.2, 0) is 38.8 Å². The molecule has 1 fully saturated rings. The summed E-state index contributed by atoms with van der Waals surface area (Å²) in [5.74, 6) is -1.49. The number of aliphatic hydroxyl groups is 1. The maximum absolute atomic E-state index is 11.0. The van der Waals surface area contributed by atoms with Crippen LogP contribution in [0.3, 0.4) is 0 Å². The van der Waals surface area contributed by atoms with E-state index in [-0.39, 0.29) is 6.61 Å². The Morgan fingerprint density at radius 3 is 1.72 bits per heavy atom. The minimum absolute atomic E-state index is 0.287. The molecule has 4 rings (SSSR count). The first kappa shape index (κ1) is 22.6. The Morgan fingerprint density at radius 2 is 1.19 bits per heavy atom. The van der Waals surface area contributed by atoms with E-state index in [1.165, 1.54) is 0 Å². The monoisotopic (exact) mass is 434 g/mol. The molecule has 0 aromatic heterocycles. The van der Waals surface area contributed by atoms with E-state index in [1.807, 2.05) is 91.0 Å². The van der Waals surface area contributed by atoms with E-state index in [0.29, 0.717) is 19.8 Å². The third kappa shape index (κ3) is 6.03. The summed E-state index contributed by atoms with van der Waals surface area (Å²) in [6.07, 6.45) is -1.60. The van der Waals surface area contributed by atoms with E-state index >= 15 is 0 Å². The minimum atomic E-state index is -1.49. The average Bonchev–Trinajstić information content (AvgIpc) is 3.07. The van der Waals surface area contributed by atoms with Crippen LogP contribution in [0.5, 0.6) is 0 Å². The van der Waals surface area contributed by atoms with Gasteiger partial charge in [-0.2, -0.15) is 0 Å². The molecule has 5 heteroatoms. The summed E-state index contributed by atoms with van der Waals surface area (Å²) in [4.78, 5) is 0. The molecule has 0 radical (unpaired) electrons. The predicted molar refractivity (Wildman–Crippen MR) is 122 cm³/mol. The first-order chi connectivity index (χ1) is 15.6. The Balaban J connectivity index is 1.44. The topological polar surface area (TPSA) is 57.2 Å². The number of rotatable bonds is 10. The molecule has 1 saturated heterocycles. The highest BCUT2D eigenvalue weighted by atomic mass is 16.7. The van der Waals surface area contributed by atoms with Crippen molar-refractivity contribution in [3.8, 4) is 0 Å². The summed E-state index contributed by atoms with van der Waals surface area (Å²) in [6.45, 7) is 3.12. The highest BCUT2D eigenvalue weighted by Gasteiger charge is 2.53. The molecule has 1 N–H and O–H groups in total. The third-order valence-electron chi connectivity index (χ3n) is 5.53. The normalized spacial score (nSPS) is 25.1. The highest BCUT2D eigenvalue weighted by Crippen LogP contribution is 2.34. The fourth-order valence-corrected chi connectivity index (χ4v) is 3.91. The van der Waals surface area contributed by atoms with Gasteiger partial charge in [0.1, 0.15) is 18.3 Å². The van der Waals surface area contributed by atoms with Crippen LogP contribution in [0.2, 0.25) is 0 Å². The molecule has 0 bridgehead atoms. The number of hydrogen-bond donors (Lipinski definition) is 1. The molecule has 0 amide bonds. The van der Waals surface area contributed by atoms with Crippen LogP contribution in [0.15, 0.2) is 91.0 Å². The number of ether oxygens (including phenoxy) is 4. The van der Waals surface area contributed by atoms with E-state index in [4.69, 9.17) is 18.9 Å². The summed E-state index contributed by atoms with van der Waals surface area (Å²) < 4.78 is 24.3. The maximum Gasteiger partial charge on any atom is 0.192 e. The van der Waals surface area contributed by atoms with Crippen LogP contribution in [-0.4, -0.2) is 35.8 Å². The Labute approximate surface area is 189 Å². The Hall–Kier alpha value is -2.54. The fraction of sp³-hybridized carbons (Fsp3) is 0.333. The molecular formula is C27H30O5. The van der Waals surface area contributed by atoms with Crippen molar-refractivity contribution in [1.82, 2.24) is 0 Å². The van der Waals surface area contributed by atoms with Crippen LogP contribution >= 0.6 is 0 Å². The van der Waals surface area contributed by atoms with Crippen molar-refractivity contribution < 1.29 is 24.1 Å². The standard InChI is InChI=1S/C27H30O5/c1-27(28)26(31-19-23-15-9-4-10-16-23)25(30-18-22-13-7-3-8-14-22)24(32-27)20-29-17-21-11-5-2-6-12-21/h2-16,24-26,28H,17-20H2,1H3/t24-,25+,26-,27+/m1/s1. The number of hydrogen-bond acceptors (Lipinski definition) is 5. The quantitative estimate of drug-likeness (QED) is 0.510. The lowest BCUT2D eigenvalue weighted by Gasteiger charge is -2.27. The minimum Gasteiger partial charge on any atom is -0.374 e. The molecule has 3 aromatic rings. The van der Waals surface area contributed by atoms with Crippen molar-refractivity contribution in [1.29, 1.82) is 0 Å². The van der Waals surface area contributed by atoms with Gasteiger partial charge in [0, 0.05) is 0 Å². The molecule has 0 unspecified atom stereocenters. The summed E-state index contributed by atoms with van der Waals surface area (Å²) in [5, 5.41) is 11.0. The Bertz CT molecular complexity index is 930. The second kappa shape index (κ2) is 10.9. The molecule has 0 aliphatic carbocycles. The lowest BCUT2D eigenvalue weighted by molar-refractivity contribution is -0.231. The average molecular weight is 435 g/mol. The largest absolute Gasteiger partial charge is 0.374 e. The van der Waals surface area contributed by atoms with Crippen molar-refractivity contribution in [2.24, 2.45) is 0 Å². The zero-order chi connectivity index (χ0) is 22.2. The molecule has 0 saturated carbocycles. The maximum atomic E-state index is 11.0. The van der Waals surface area contributed by atoms with Crippen LogP contribution in [0.1, 0.15) is 23.6 Å². The predicted octanol–water partition coefficient (Wildman–Crippen LogP) is 4.48. The molecule has 0 spiro atoms. The summed E-state index contributed by atoms with van der Waals surface area (Å²) in [7, 11) is 0. The molecule has 168 valence electrons. The summed E-state index contributed by atoms with van der Waals surface area (Å²) in [6, 6.07) is 29.8. The summed E-state index contributed by atoms with van der Waals surface area (Å²) in [5.41, 5.74) is 3.15. The Morgan fingerprint density at radius 1 is 0.719 bits per heavy atom. The van der Waals surface area contributed by atoms with E-state index in [0.717, 1.165) is 16.7 Å². The molecule has 32 heavy (non-hydrogen) atoms. The zero-order valence-corrected chi connectivity index (χ0v) is 18.3. The lowest BCUT2D eigenvalue weighted by atomic mass is 10.1. The van der Waals surface area contributed by atoms with E-state index < -0.39 is 24.1 Å². The SMILES string of the molecule is C[C@]1(O)O[C@H](COCc2ccccc2)[C@H](OCc2ccccc2)[C@H]1OCc1ccccc1. The van der Waals surface area contributed by atoms with Gasteiger partial charge < -0.3 is 24.1 Å². The van der Waals surface area contributed by atoms with Crippen LogP contribution in [0.25, 0.3) is 0 Å². The van der Waals surface area contributed by atoms with Crippen LogP contribution in [0, 0.1) is 0 Å². The second-order valence-corrected chi connectivity index (χ2v) is 8.19. The second-order valence-electron chi connectivity index (χ2n) is 8.19. The van der Waals surface area contributed by atoms with Gasteiger partial charge >= 0.3 is 0 Å². The van der Waals surface area contributed by atoms with Crippen LogP contribution < -0.4 is 0 Å². The molecule has 1 heterocycles. The van der Waals surface area contributed by atoms with E-state index in [9.17, 15) is 5.11 Å². The van der Waals surface area contributed by atoms with Gasteiger partial charge in [-0.3, -0.25) is 0 Å². The third-order valence-corrected chi connectivity index (χ3v) is 5.53. The summed E-state index contributed by atoms with van der Waals surface area (Å²) >= 11 is 0. The van der Waals surface area contributed by atoms with Gasteiger partial charge in [0.15, 0.2) is 5.79 Å². The molecule has 1 aliphatic heterocycles. The zero-order valence-electron chi connectivity index (χ0n) is 18.3. The van der Waals surface area contributed by atoms with Gasteiger partial charge in [-0.05, 0) is 23.6 Å². The highest BCUT2D eigenvalue weighted by molar-refractivity contribution is 5.15. The fourth-order valence-electron chi connectivity index (χ4n) is 3.91. The van der Waals surface area contributed by atoms with E-state index in [1.54, 1.807) is 6.92 Å². The Kier molecular flexibility index (Phi) is 7.68. The van der Waals surface area contributed by atoms with E-state index in [2.05, 4.69) is 0 Å². The van der Waals surface area contributed by atoms with Crippen molar-refractivity contribution in [2.75, 3.05) is 6.61 Å².